The molecule has 22 heavy (non-hydrogen) atoms. The predicted octanol–water partition coefficient (Wildman–Crippen LogP) is 2.92. The topological polar surface area (TPSA) is 75.6 Å². The summed E-state index contributed by atoms with van der Waals surface area (Å²) in [5.41, 5.74) is -2.79. The lowest BCUT2D eigenvalue weighted by Gasteiger charge is -2.15. The lowest BCUT2D eigenvalue weighted by Crippen LogP contribution is -2.31. The zero-order valence-corrected chi connectivity index (χ0v) is 9.97. The van der Waals surface area contributed by atoms with Gasteiger partial charge in [-0.3, -0.25) is 4.79 Å². The van der Waals surface area contributed by atoms with Crippen molar-refractivity contribution in [1.82, 2.24) is 0 Å². The maximum Gasteiger partial charge on any atom is 0.573 e. The second-order valence-electron chi connectivity index (χ2n) is 3.61. The second kappa shape index (κ2) is 5.69. The number of benzene rings is 1. The number of carboxylic acids is 1. The van der Waals surface area contributed by atoms with Crippen molar-refractivity contribution in [2.24, 2.45) is 0 Å². The Bertz CT molecular complexity index is 609. The van der Waals surface area contributed by atoms with Crippen LogP contribution in [0.25, 0.3) is 0 Å². The summed E-state index contributed by atoms with van der Waals surface area (Å²) in [5.74, 6) is -8.46. The summed E-state index contributed by atoms with van der Waals surface area (Å²) in [6, 6.07) is 0.591. The monoisotopic (exact) mass is 335 g/mol. The summed E-state index contributed by atoms with van der Waals surface area (Å²) in [4.78, 5) is 21.4. The van der Waals surface area contributed by atoms with Gasteiger partial charge in [0.1, 0.15) is 0 Å². The van der Waals surface area contributed by atoms with Gasteiger partial charge in [-0.2, -0.15) is 13.2 Å². The summed E-state index contributed by atoms with van der Waals surface area (Å²) in [7, 11) is 0. The third-order valence-electron chi connectivity index (χ3n) is 2.06. The standard InChI is InChI=1S/C10H4F7NO4/c11-5-4(22-10(15,16)17)2-1-3(7(19)20)6(5)18-8(21)9(12,13)14/h1-2H,(H,18,21)(H,19,20). The Labute approximate surface area is 116 Å². The average Bonchev–Trinajstić information content (AvgIpc) is 2.30. The molecule has 5 nitrogen and oxygen atoms in total. The Morgan fingerprint density at radius 3 is 2.05 bits per heavy atom. The van der Waals surface area contributed by atoms with Crippen molar-refractivity contribution < 1.29 is 50.2 Å². The summed E-state index contributed by atoms with van der Waals surface area (Å²) in [6.07, 6.45) is -10.9. The lowest BCUT2D eigenvalue weighted by molar-refractivity contribution is -0.275. The number of hydrogen-bond donors (Lipinski definition) is 2. The molecule has 0 atom stereocenters. The summed E-state index contributed by atoms with van der Waals surface area (Å²) in [6.45, 7) is 0. The minimum Gasteiger partial charge on any atom is -0.478 e. The van der Waals surface area contributed by atoms with Crippen molar-refractivity contribution in [2.45, 2.75) is 12.5 Å². The zero-order chi connectivity index (χ0) is 17.3. The van der Waals surface area contributed by atoms with Gasteiger partial charge in [-0.25, -0.2) is 9.18 Å². The molecular formula is C10H4F7NO4. The SMILES string of the molecule is O=C(O)c1ccc(OC(F)(F)F)c(F)c1NC(=O)C(F)(F)F. The van der Waals surface area contributed by atoms with Gasteiger partial charge < -0.3 is 15.2 Å². The lowest BCUT2D eigenvalue weighted by atomic mass is 10.1. The largest absolute Gasteiger partial charge is 0.573 e. The van der Waals surface area contributed by atoms with Gasteiger partial charge in [0.25, 0.3) is 0 Å². The molecule has 0 unspecified atom stereocenters. The Hall–Kier alpha value is -2.53. The van der Waals surface area contributed by atoms with Gasteiger partial charge in [0, 0.05) is 0 Å². The van der Waals surface area contributed by atoms with Crippen molar-refractivity contribution in [3.63, 3.8) is 0 Å². The molecule has 1 aromatic carbocycles. The van der Waals surface area contributed by atoms with E-state index in [0.29, 0.717) is 6.07 Å². The molecule has 2 N–H and O–H groups in total. The molecule has 0 saturated carbocycles. The number of halogens is 7. The minimum absolute atomic E-state index is 0.246. The fourth-order valence-electron chi connectivity index (χ4n) is 1.25. The Morgan fingerprint density at radius 1 is 1.09 bits per heavy atom. The van der Waals surface area contributed by atoms with E-state index in [4.69, 9.17) is 5.11 Å². The van der Waals surface area contributed by atoms with Gasteiger partial charge in [-0.05, 0) is 12.1 Å². The van der Waals surface area contributed by atoms with Crippen LogP contribution in [0, 0.1) is 5.82 Å². The highest BCUT2D eigenvalue weighted by atomic mass is 19.4. The van der Waals surface area contributed by atoms with Gasteiger partial charge >= 0.3 is 24.4 Å². The molecule has 1 amide bonds. The molecular weight excluding hydrogens is 331 g/mol. The van der Waals surface area contributed by atoms with E-state index in [0.717, 1.165) is 5.32 Å². The molecule has 0 spiro atoms. The van der Waals surface area contributed by atoms with Gasteiger partial charge in [0.15, 0.2) is 11.6 Å². The van der Waals surface area contributed by atoms with Gasteiger partial charge in [0.05, 0.1) is 11.3 Å². The van der Waals surface area contributed by atoms with E-state index in [9.17, 15) is 40.3 Å². The van der Waals surface area contributed by atoms with Crippen LogP contribution in [0.15, 0.2) is 12.1 Å². The molecule has 122 valence electrons. The summed E-state index contributed by atoms with van der Waals surface area (Å²) in [5, 5.41) is 9.53. The van der Waals surface area contributed by atoms with Crippen LogP contribution in [0.3, 0.4) is 0 Å². The average molecular weight is 335 g/mol. The predicted molar refractivity (Wildman–Crippen MR) is 54.7 cm³/mol. The van der Waals surface area contributed by atoms with Crippen LogP contribution in [0.2, 0.25) is 0 Å². The van der Waals surface area contributed by atoms with E-state index in [1.54, 1.807) is 0 Å². The van der Waals surface area contributed by atoms with Crippen LogP contribution in [-0.2, 0) is 4.79 Å². The van der Waals surface area contributed by atoms with Crippen molar-refractivity contribution in [1.29, 1.82) is 0 Å². The number of alkyl halides is 6. The normalized spacial score (nSPS) is 12.0. The molecule has 0 bridgehead atoms. The first kappa shape index (κ1) is 17.5. The van der Waals surface area contributed by atoms with E-state index in [1.165, 1.54) is 0 Å². The number of ether oxygens (including phenoxy) is 1. The Morgan fingerprint density at radius 2 is 1.64 bits per heavy atom. The van der Waals surface area contributed by atoms with Gasteiger partial charge in [0.2, 0.25) is 0 Å². The van der Waals surface area contributed by atoms with Crippen LogP contribution in [0.5, 0.6) is 5.75 Å². The third kappa shape index (κ3) is 4.23. The van der Waals surface area contributed by atoms with Crippen molar-refractivity contribution in [3.8, 4) is 5.75 Å². The quantitative estimate of drug-likeness (QED) is 0.833. The van der Waals surface area contributed by atoms with Crippen LogP contribution >= 0.6 is 0 Å². The summed E-state index contributed by atoms with van der Waals surface area (Å²) < 4.78 is 89.1. The summed E-state index contributed by atoms with van der Waals surface area (Å²) >= 11 is 0. The highest BCUT2D eigenvalue weighted by molar-refractivity contribution is 6.02. The van der Waals surface area contributed by atoms with Crippen LogP contribution < -0.4 is 10.1 Å². The number of rotatable bonds is 3. The third-order valence-corrected chi connectivity index (χ3v) is 2.06. The first-order valence-corrected chi connectivity index (χ1v) is 5.02. The van der Waals surface area contributed by atoms with E-state index < -0.39 is 47.2 Å². The number of carbonyl (C=O) groups is 2. The first-order valence-electron chi connectivity index (χ1n) is 5.02. The minimum atomic E-state index is -5.51. The van der Waals surface area contributed by atoms with Crippen LogP contribution in [-0.4, -0.2) is 29.5 Å². The molecule has 0 aliphatic rings. The molecule has 0 aromatic heterocycles. The number of hydrogen-bond acceptors (Lipinski definition) is 3. The number of anilines is 1. The molecule has 1 rings (SSSR count). The first-order chi connectivity index (χ1) is 9.83. The Balaban J connectivity index is 3.35. The maximum atomic E-state index is 13.7. The zero-order valence-electron chi connectivity index (χ0n) is 9.97. The highest BCUT2D eigenvalue weighted by Gasteiger charge is 2.40. The number of carboxylic acid groups (broad SMARTS) is 1. The van der Waals surface area contributed by atoms with Crippen molar-refractivity contribution in [2.75, 3.05) is 5.32 Å². The molecule has 0 saturated heterocycles. The maximum absolute atomic E-state index is 13.7. The van der Waals surface area contributed by atoms with Gasteiger partial charge in [-0.1, -0.05) is 0 Å². The number of aromatic carboxylic acids is 1. The van der Waals surface area contributed by atoms with E-state index in [1.807, 2.05) is 0 Å². The molecule has 12 heteroatoms. The van der Waals surface area contributed by atoms with Crippen LogP contribution in [0.1, 0.15) is 10.4 Å². The second-order valence-corrected chi connectivity index (χ2v) is 3.61. The van der Waals surface area contributed by atoms with Crippen molar-refractivity contribution in [3.05, 3.63) is 23.5 Å². The molecule has 0 aliphatic carbocycles. The number of nitrogens with one attached hydrogen (secondary N) is 1. The fraction of sp³-hybridized carbons (Fsp3) is 0.200. The van der Waals surface area contributed by atoms with Gasteiger partial charge in [-0.15, -0.1) is 13.2 Å². The highest BCUT2D eigenvalue weighted by Crippen LogP contribution is 2.33. The molecule has 0 aliphatic heterocycles. The molecule has 1 aromatic rings. The molecule has 0 fully saturated rings. The van der Waals surface area contributed by atoms with Crippen molar-refractivity contribution >= 4 is 17.6 Å². The molecule has 0 radical (unpaired) electrons. The van der Waals surface area contributed by atoms with E-state index >= 15 is 0 Å². The molecule has 0 heterocycles. The van der Waals surface area contributed by atoms with Crippen LogP contribution in [0.4, 0.5) is 36.4 Å². The number of carbonyl (C=O) groups excluding carboxylic acids is 1. The Kier molecular flexibility index (Phi) is 4.53. The van der Waals surface area contributed by atoms with E-state index in [2.05, 4.69) is 4.74 Å². The number of amides is 1. The smallest absolute Gasteiger partial charge is 0.478 e. The fourth-order valence-corrected chi connectivity index (χ4v) is 1.25. The van der Waals surface area contributed by atoms with E-state index in [-0.39, 0.29) is 6.07 Å².